The molecule has 6 heteroatoms. The molecule has 0 unspecified atom stereocenters. The molecule has 0 fully saturated rings. The first-order valence-electron chi connectivity index (χ1n) is 5.86. The van der Waals surface area contributed by atoms with E-state index in [9.17, 15) is 9.18 Å². The van der Waals surface area contributed by atoms with Gasteiger partial charge in [-0.2, -0.15) is 0 Å². The van der Waals surface area contributed by atoms with Crippen molar-refractivity contribution >= 4 is 23.4 Å². The second-order valence-electron chi connectivity index (χ2n) is 4.18. The second kappa shape index (κ2) is 6.00. The molecule has 106 valence electrons. The molecule has 2 rings (SSSR count). The smallest absolute Gasteiger partial charge is 0.341 e. The Balaban J connectivity index is 2.09. The first-order chi connectivity index (χ1) is 9.49. The maximum absolute atomic E-state index is 13.2. The summed E-state index contributed by atoms with van der Waals surface area (Å²) in [6.07, 6.45) is 0. The minimum Gasteiger partial charge on any atom is -0.465 e. The molecule has 1 aromatic heterocycles. The van der Waals surface area contributed by atoms with Gasteiger partial charge in [0.15, 0.2) is 0 Å². The van der Waals surface area contributed by atoms with E-state index in [0.29, 0.717) is 33.4 Å². The number of furan rings is 1. The molecule has 0 bridgehead atoms. The third-order valence-electron chi connectivity index (χ3n) is 2.65. The minimum atomic E-state index is -0.433. The van der Waals surface area contributed by atoms with Crippen LogP contribution in [0.2, 0.25) is 0 Å². The van der Waals surface area contributed by atoms with Crippen LogP contribution in [0.5, 0.6) is 0 Å². The quantitative estimate of drug-likeness (QED) is 0.532. The number of carbonyl (C=O) groups excluding carboxylic acids is 1. The van der Waals surface area contributed by atoms with Crippen LogP contribution in [0.4, 0.5) is 10.1 Å². The van der Waals surface area contributed by atoms with Gasteiger partial charge in [0.1, 0.15) is 22.9 Å². The van der Waals surface area contributed by atoms with Crippen molar-refractivity contribution in [1.82, 2.24) is 0 Å². The van der Waals surface area contributed by atoms with Crippen molar-refractivity contribution < 1.29 is 18.3 Å². The topological polar surface area (TPSA) is 65.5 Å². The van der Waals surface area contributed by atoms with E-state index in [-0.39, 0.29) is 5.82 Å². The summed E-state index contributed by atoms with van der Waals surface area (Å²) in [6, 6.07) is 5.98. The predicted molar refractivity (Wildman–Crippen MR) is 75.2 cm³/mol. The molecule has 0 aliphatic heterocycles. The van der Waals surface area contributed by atoms with Crippen molar-refractivity contribution in [2.75, 3.05) is 12.8 Å². The van der Waals surface area contributed by atoms with Gasteiger partial charge in [0.2, 0.25) is 0 Å². The lowest BCUT2D eigenvalue weighted by atomic mass is 10.2. The standard InChI is InChI=1S/C14H14FNO3S/c1-8-13(14(17)18-2)6-11(19-8)7-20-12-4-9(15)3-10(16)5-12/h3-6H,7,16H2,1-2H3. The highest BCUT2D eigenvalue weighted by Gasteiger charge is 2.15. The molecule has 2 aromatic rings. The van der Waals surface area contributed by atoms with Crippen molar-refractivity contribution in [1.29, 1.82) is 0 Å². The largest absolute Gasteiger partial charge is 0.465 e. The number of hydrogen-bond donors (Lipinski definition) is 1. The van der Waals surface area contributed by atoms with E-state index in [1.165, 1.54) is 31.0 Å². The van der Waals surface area contributed by atoms with Crippen LogP contribution in [0, 0.1) is 12.7 Å². The van der Waals surface area contributed by atoms with E-state index < -0.39 is 5.97 Å². The maximum Gasteiger partial charge on any atom is 0.341 e. The molecule has 0 saturated carbocycles. The van der Waals surface area contributed by atoms with E-state index >= 15 is 0 Å². The highest BCUT2D eigenvalue weighted by Crippen LogP contribution is 2.27. The first kappa shape index (κ1) is 14.5. The van der Waals surface area contributed by atoms with Crippen molar-refractivity contribution in [2.24, 2.45) is 0 Å². The van der Waals surface area contributed by atoms with E-state index in [4.69, 9.17) is 10.2 Å². The summed E-state index contributed by atoms with van der Waals surface area (Å²) < 4.78 is 23.3. The van der Waals surface area contributed by atoms with Crippen molar-refractivity contribution in [3.63, 3.8) is 0 Å². The highest BCUT2D eigenvalue weighted by molar-refractivity contribution is 7.98. The Hall–Kier alpha value is -1.95. The summed E-state index contributed by atoms with van der Waals surface area (Å²) in [5.41, 5.74) is 6.35. The second-order valence-corrected chi connectivity index (χ2v) is 5.23. The Morgan fingerprint density at radius 1 is 1.40 bits per heavy atom. The first-order valence-corrected chi connectivity index (χ1v) is 6.84. The molecule has 0 atom stereocenters. The van der Waals surface area contributed by atoms with Crippen molar-refractivity contribution in [3.8, 4) is 0 Å². The van der Waals surface area contributed by atoms with Crippen LogP contribution >= 0.6 is 11.8 Å². The number of thioether (sulfide) groups is 1. The number of nitrogen functional groups attached to an aromatic ring is 1. The number of methoxy groups -OCH3 is 1. The maximum atomic E-state index is 13.2. The monoisotopic (exact) mass is 295 g/mol. The van der Waals surface area contributed by atoms with Crippen LogP contribution in [0.3, 0.4) is 0 Å². The fourth-order valence-electron chi connectivity index (χ4n) is 1.75. The van der Waals surface area contributed by atoms with Gasteiger partial charge in [-0.3, -0.25) is 0 Å². The molecule has 0 spiro atoms. The third kappa shape index (κ3) is 3.33. The molecular weight excluding hydrogens is 281 g/mol. The molecular formula is C14H14FNO3S. The van der Waals surface area contributed by atoms with Crippen LogP contribution in [0.1, 0.15) is 21.9 Å². The zero-order valence-electron chi connectivity index (χ0n) is 11.1. The summed E-state index contributed by atoms with van der Waals surface area (Å²) in [7, 11) is 1.32. The Labute approximate surface area is 120 Å². The summed E-state index contributed by atoms with van der Waals surface area (Å²) >= 11 is 1.38. The molecule has 0 aliphatic rings. The number of carbonyl (C=O) groups is 1. The number of nitrogens with two attached hydrogens (primary N) is 1. The molecule has 0 amide bonds. The molecule has 20 heavy (non-hydrogen) atoms. The minimum absolute atomic E-state index is 0.373. The number of esters is 1. The van der Waals surface area contributed by atoms with Gasteiger partial charge in [-0.15, -0.1) is 11.8 Å². The van der Waals surface area contributed by atoms with E-state index in [0.717, 1.165) is 0 Å². The van der Waals surface area contributed by atoms with Crippen LogP contribution in [-0.4, -0.2) is 13.1 Å². The molecule has 2 N–H and O–H groups in total. The number of rotatable bonds is 4. The van der Waals surface area contributed by atoms with Crippen molar-refractivity contribution in [2.45, 2.75) is 17.6 Å². The summed E-state index contributed by atoms with van der Waals surface area (Å²) in [6.45, 7) is 1.70. The Bertz CT molecular complexity index is 619. The van der Waals surface area contributed by atoms with Crippen molar-refractivity contribution in [3.05, 3.63) is 47.2 Å². The van der Waals surface area contributed by atoms with E-state index in [1.54, 1.807) is 19.1 Å². The normalized spacial score (nSPS) is 10.6. The van der Waals surface area contributed by atoms with Gasteiger partial charge in [0.25, 0.3) is 0 Å². The predicted octanol–water partition coefficient (Wildman–Crippen LogP) is 3.39. The average Bonchev–Trinajstić information content (AvgIpc) is 2.76. The number of anilines is 1. The fraction of sp³-hybridized carbons (Fsp3) is 0.214. The zero-order valence-corrected chi connectivity index (χ0v) is 11.9. The SMILES string of the molecule is COC(=O)c1cc(CSc2cc(N)cc(F)c2)oc1C. The molecule has 0 saturated heterocycles. The van der Waals surface area contributed by atoms with Crippen LogP contribution < -0.4 is 5.73 Å². The average molecular weight is 295 g/mol. The van der Waals surface area contributed by atoms with Gasteiger partial charge in [-0.25, -0.2) is 9.18 Å². The van der Waals surface area contributed by atoms with E-state index in [2.05, 4.69) is 4.74 Å². The summed E-state index contributed by atoms with van der Waals surface area (Å²) in [5.74, 6) is 0.790. The van der Waals surface area contributed by atoms with Gasteiger partial charge in [-0.1, -0.05) is 0 Å². The molecule has 1 aromatic carbocycles. The fourth-order valence-corrected chi connectivity index (χ4v) is 2.62. The molecule has 0 aliphatic carbocycles. The van der Waals surface area contributed by atoms with Crippen LogP contribution in [-0.2, 0) is 10.5 Å². The van der Waals surface area contributed by atoms with Gasteiger partial charge >= 0.3 is 5.97 Å². The zero-order chi connectivity index (χ0) is 14.7. The Morgan fingerprint density at radius 2 is 2.15 bits per heavy atom. The Morgan fingerprint density at radius 3 is 2.80 bits per heavy atom. The third-order valence-corrected chi connectivity index (χ3v) is 3.65. The molecule has 0 radical (unpaired) electrons. The van der Waals surface area contributed by atoms with Gasteiger partial charge in [0.05, 0.1) is 12.9 Å². The molecule has 1 heterocycles. The van der Waals surface area contributed by atoms with Gasteiger partial charge in [0, 0.05) is 10.6 Å². The number of aryl methyl sites for hydroxylation is 1. The van der Waals surface area contributed by atoms with Crippen LogP contribution in [0.15, 0.2) is 33.6 Å². The van der Waals surface area contributed by atoms with Gasteiger partial charge < -0.3 is 14.9 Å². The van der Waals surface area contributed by atoms with Crippen LogP contribution in [0.25, 0.3) is 0 Å². The summed E-state index contributed by atoms with van der Waals surface area (Å²) in [4.78, 5) is 12.2. The summed E-state index contributed by atoms with van der Waals surface area (Å²) in [5, 5.41) is 0. The number of halogens is 1. The Kier molecular flexibility index (Phi) is 4.34. The van der Waals surface area contributed by atoms with Gasteiger partial charge in [-0.05, 0) is 31.2 Å². The molecule has 4 nitrogen and oxygen atoms in total. The lowest BCUT2D eigenvalue weighted by Crippen LogP contribution is -2.00. The number of benzene rings is 1. The highest BCUT2D eigenvalue weighted by atomic mass is 32.2. The van der Waals surface area contributed by atoms with E-state index in [1.807, 2.05) is 0 Å². The number of hydrogen-bond acceptors (Lipinski definition) is 5. The number of ether oxygens (including phenoxy) is 1. The lowest BCUT2D eigenvalue weighted by molar-refractivity contribution is 0.0599. The lowest BCUT2D eigenvalue weighted by Gasteiger charge is -2.01.